The summed E-state index contributed by atoms with van der Waals surface area (Å²) in [6, 6.07) is 8.33. The van der Waals surface area contributed by atoms with Gasteiger partial charge in [0.15, 0.2) is 0 Å². The second-order valence-corrected chi connectivity index (χ2v) is 3.52. The third-order valence-corrected chi connectivity index (χ3v) is 2.46. The number of nitrogens with zero attached hydrogens (tertiary/aromatic N) is 1. The molecule has 2 N–H and O–H groups in total. The Hall–Kier alpha value is -1.22. The van der Waals surface area contributed by atoms with E-state index in [4.69, 9.17) is 5.11 Å². The van der Waals surface area contributed by atoms with Crippen molar-refractivity contribution in [3.05, 3.63) is 24.3 Å². The number of anilines is 1. The molecule has 0 bridgehead atoms. The lowest BCUT2D eigenvalue weighted by atomic mass is 10.2. The van der Waals surface area contributed by atoms with Crippen LogP contribution < -0.4 is 10.2 Å². The van der Waals surface area contributed by atoms with Crippen LogP contribution in [-0.2, 0) is 0 Å². The first-order chi connectivity index (χ1) is 6.86. The fraction of sp³-hybridized carbons (Fsp3) is 0.455. The SMILES string of the molecule is Oc1c[c]c(N2CCCNCC2)cc1. The van der Waals surface area contributed by atoms with Gasteiger partial charge in [-0.05, 0) is 31.2 Å². The van der Waals surface area contributed by atoms with Crippen LogP contribution in [0, 0.1) is 6.07 Å². The lowest BCUT2D eigenvalue weighted by Crippen LogP contribution is -2.27. The number of nitrogens with one attached hydrogen (secondary N) is 1. The van der Waals surface area contributed by atoms with Crippen LogP contribution in [0.3, 0.4) is 0 Å². The molecule has 1 aromatic rings. The smallest absolute Gasteiger partial charge is 0.116 e. The van der Waals surface area contributed by atoms with E-state index < -0.39 is 0 Å². The van der Waals surface area contributed by atoms with Crippen molar-refractivity contribution in [2.45, 2.75) is 6.42 Å². The van der Waals surface area contributed by atoms with Crippen molar-refractivity contribution in [2.24, 2.45) is 0 Å². The molecule has 1 radical (unpaired) electrons. The van der Waals surface area contributed by atoms with Gasteiger partial charge in [-0.3, -0.25) is 0 Å². The van der Waals surface area contributed by atoms with E-state index >= 15 is 0 Å². The predicted octanol–water partition coefficient (Wildman–Crippen LogP) is 0.992. The van der Waals surface area contributed by atoms with Gasteiger partial charge < -0.3 is 15.3 Å². The van der Waals surface area contributed by atoms with E-state index in [1.807, 2.05) is 6.07 Å². The minimum Gasteiger partial charge on any atom is -0.508 e. The average Bonchev–Trinajstić information content (AvgIpc) is 2.47. The molecular weight excluding hydrogens is 176 g/mol. The Kier molecular flexibility index (Phi) is 2.89. The number of benzene rings is 1. The molecule has 0 aliphatic carbocycles. The largest absolute Gasteiger partial charge is 0.508 e. The molecule has 0 atom stereocenters. The van der Waals surface area contributed by atoms with Gasteiger partial charge in [0, 0.05) is 31.4 Å². The van der Waals surface area contributed by atoms with E-state index in [1.165, 1.54) is 0 Å². The summed E-state index contributed by atoms with van der Waals surface area (Å²) in [5, 5.41) is 12.5. The third-order valence-electron chi connectivity index (χ3n) is 2.46. The molecule has 1 saturated heterocycles. The maximum absolute atomic E-state index is 9.15. The highest BCUT2D eigenvalue weighted by molar-refractivity contribution is 5.47. The van der Waals surface area contributed by atoms with Crippen LogP contribution in [0.2, 0.25) is 0 Å². The predicted molar refractivity (Wildman–Crippen MR) is 56.6 cm³/mol. The van der Waals surface area contributed by atoms with Crippen LogP contribution in [0.25, 0.3) is 0 Å². The molecule has 0 saturated carbocycles. The second-order valence-electron chi connectivity index (χ2n) is 3.52. The van der Waals surface area contributed by atoms with Crippen LogP contribution in [-0.4, -0.2) is 31.3 Å². The first-order valence-corrected chi connectivity index (χ1v) is 5.02. The number of phenolic OH excluding ortho intramolecular Hbond substituents is 1. The highest BCUT2D eigenvalue weighted by atomic mass is 16.3. The van der Waals surface area contributed by atoms with E-state index in [9.17, 15) is 0 Å². The zero-order valence-electron chi connectivity index (χ0n) is 8.16. The monoisotopic (exact) mass is 191 g/mol. The van der Waals surface area contributed by atoms with Crippen molar-refractivity contribution in [3.8, 4) is 5.75 Å². The second kappa shape index (κ2) is 4.33. The molecule has 3 heteroatoms. The number of rotatable bonds is 1. The Morgan fingerprint density at radius 3 is 3.00 bits per heavy atom. The first-order valence-electron chi connectivity index (χ1n) is 5.02. The van der Waals surface area contributed by atoms with Gasteiger partial charge in [0.05, 0.1) is 0 Å². The number of phenols is 1. The fourth-order valence-corrected chi connectivity index (χ4v) is 1.69. The summed E-state index contributed by atoms with van der Waals surface area (Å²) in [5.74, 6) is 0.279. The lowest BCUT2D eigenvalue weighted by Gasteiger charge is -2.21. The Morgan fingerprint density at radius 2 is 2.21 bits per heavy atom. The highest BCUT2D eigenvalue weighted by Crippen LogP contribution is 2.17. The normalized spacial score (nSPS) is 17.9. The zero-order valence-corrected chi connectivity index (χ0v) is 8.16. The van der Waals surface area contributed by atoms with E-state index in [-0.39, 0.29) is 5.75 Å². The molecule has 75 valence electrons. The summed E-state index contributed by atoms with van der Waals surface area (Å²) in [4.78, 5) is 2.29. The summed E-state index contributed by atoms with van der Waals surface area (Å²) < 4.78 is 0. The van der Waals surface area contributed by atoms with Gasteiger partial charge in [0.2, 0.25) is 0 Å². The molecule has 3 nitrogen and oxygen atoms in total. The van der Waals surface area contributed by atoms with Crippen molar-refractivity contribution in [3.63, 3.8) is 0 Å². The van der Waals surface area contributed by atoms with E-state index in [0.717, 1.165) is 38.3 Å². The molecule has 0 amide bonds. The minimum absolute atomic E-state index is 0.279. The molecule has 1 aliphatic heterocycles. The summed E-state index contributed by atoms with van der Waals surface area (Å²) in [7, 11) is 0. The van der Waals surface area contributed by atoms with Gasteiger partial charge in [0.25, 0.3) is 0 Å². The fourth-order valence-electron chi connectivity index (χ4n) is 1.69. The van der Waals surface area contributed by atoms with Crippen LogP contribution in [0.5, 0.6) is 5.75 Å². The van der Waals surface area contributed by atoms with Crippen molar-refractivity contribution in [1.82, 2.24) is 5.32 Å². The average molecular weight is 191 g/mol. The maximum atomic E-state index is 9.15. The van der Waals surface area contributed by atoms with Crippen molar-refractivity contribution < 1.29 is 5.11 Å². The Balaban J connectivity index is 2.08. The third kappa shape index (κ3) is 2.17. The number of aromatic hydroxyl groups is 1. The summed E-state index contributed by atoms with van der Waals surface area (Å²) in [6.45, 7) is 4.19. The van der Waals surface area contributed by atoms with Crippen molar-refractivity contribution >= 4 is 5.69 Å². The molecule has 0 spiro atoms. The Bertz CT molecular complexity index is 276. The minimum atomic E-state index is 0.279. The molecule has 0 unspecified atom stereocenters. The topological polar surface area (TPSA) is 35.5 Å². The number of hydrogen-bond donors (Lipinski definition) is 2. The van der Waals surface area contributed by atoms with Crippen LogP contribution in [0.1, 0.15) is 6.42 Å². The summed E-state index contributed by atoms with van der Waals surface area (Å²) in [5.41, 5.74) is 1.08. The molecule has 14 heavy (non-hydrogen) atoms. The quantitative estimate of drug-likeness (QED) is 0.695. The van der Waals surface area contributed by atoms with Gasteiger partial charge in [-0.1, -0.05) is 0 Å². The lowest BCUT2D eigenvalue weighted by molar-refractivity contribution is 0.475. The Labute approximate surface area is 84.4 Å². The van der Waals surface area contributed by atoms with Crippen molar-refractivity contribution in [2.75, 3.05) is 31.1 Å². The van der Waals surface area contributed by atoms with E-state index in [1.54, 1.807) is 12.1 Å². The van der Waals surface area contributed by atoms with Crippen LogP contribution in [0.4, 0.5) is 5.69 Å². The standard InChI is InChI=1S/C11H15N2O/c14-11-4-2-10(3-5-11)13-8-1-6-12-7-9-13/h2,4-5,12,14H,1,6-9H2. The van der Waals surface area contributed by atoms with Crippen LogP contribution >= 0.6 is 0 Å². The van der Waals surface area contributed by atoms with Gasteiger partial charge >= 0.3 is 0 Å². The molecule has 1 aliphatic rings. The molecule has 1 aromatic carbocycles. The van der Waals surface area contributed by atoms with Crippen molar-refractivity contribution in [1.29, 1.82) is 0 Å². The maximum Gasteiger partial charge on any atom is 0.116 e. The van der Waals surface area contributed by atoms with Gasteiger partial charge in [-0.2, -0.15) is 0 Å². The van der Waals surface area contributed by atoms with Gasteiger partial charge in [-0.25, -0.2) is 0 Å². The van der Waals surface area contributed by atoms with E-state index in [0.29, 0.717) is 0 Å². The van der Waals surface area contributed by atoms with Crippen LogP contribution in [0.15, 0.2) is 18.2 Å². The first kappa shape index (κ1) is 9.34. The molecular formula is C11H15N2O. The van der Waals surface area contributed by atoms with Gasteiger partial charge in [-0.15, -0.1) is 0 Å². The number of hydrogen-bond acceptors (Lipinski definition) is 3. The summed E-state index contributed by atoms with van der Waals surface area (Å²) in [6.07, 6.45) is 1.16. The Morgan fingerprint density at radius 1 is 1.29 bits per heavy atom. The molecule has 1 fully saturated rings. The summed E-state index contributed by atoms with van der Waals surface area (Å²) >= 11 is 0. The van der Waals surface area contributed by atoms with Gasteiger partial charge in [0.1, 0.15) is 5.75 Å². The molecule has 0 aromatic heterocycles. The highest BCUT2D eigenvalue weighted by Gasteiger charge is 2.08. The molecule has 1 heterocycles. The zero-order chi connectivity index (χ0) is 9.80. The molecule has 2 rings (SSSR count). The van der Waals surface area contributed by atoms with E-state index in [2.05, 4.69) is 16.3 Å².